The van der Waals surface area contributed by atoms with Gasteiger partial charge in [0.1, 0.15) is 0 Å². The summed E-state index contributed by atoms with van der Waals surface area (Å²) in [5.74, 6) is 0. The first-order chi connectivity index (χ1) is 9.13. The number of hydrogen-bond donors (Lipinski definition) is 0. The highest BCUT2D eigenvalue weighted by molar-refractivity contribution is 14.1. The van der Waals surface area contributed by atoms with Gasteiger partial charge in [0, 0.05) is 18.5 Å². The third-order valence-corrected chi connectivity index (χ3v) is 4.46. The maximum atomic E-state index is 6.26. The van der Waals surface area contributed by atoms with Gasteiger partial charge in [0.2, 0.25) is 0 Å². The number of benzene rings is 2. The van der Waals surface area contributed by atoms with E-state index >= 15 is 0 Å². The Morgan fingerprint density at radius 3 is 2.84 bits per heavy atom. The molecule has 2 nitrogen and oxygen atoms in total. The molecule has 0 atom stereocenters. The van der Waals surface area contributed by atoms with Crippen LogP contribution in [0, 0.1) is 3.57 Å². The number of aromatic nitrogens is 2. The lowest BCUT2D eigenvalue weighted by molar-refractivity contribution is 0.712. The maximum Gasteiger partial charge on any atom is 0.0696 e. The summed E-state index contributed by atoms with van der Waals surface area (Å²) in [6, 6.07) is 12.2. The highest BCUT2D eigenvalue weighted by atomic mass is 127. The summed E-state index contributed by atoms with van der Waals surface area (Å²) in [5, 5.41) is 6.34. The van der Waals surface area contributed by atoms with E-state index in [4.69, 9.17) is 11.6 Å². The minimum Gasteiger partial charge on any atom is -0.260 e. The van der Waals surface area contributed by atoms with Crippen LogP contribution in [-0.2, 0) is 6.54 Å². The summed E-state index contributed by atoms with van der Waals surface area (Å²) in [5.41, 5.74) is 2.19. The fourth-order valence-corrected chi connectivity index (χ4v) is 3.19. The van der Waals surface area contributed by atoms with Crippen LogP contribution in [0.3, 0.4) is 0 Å². The van der Waals surface area contributed by atoms with Crippen molar-refractivity contribution in [3.8, 4) is 0 Å². The van der Waals surface area contributed by atoms with Crippen LogP contribution in [-0.4, -0.2) is 9.78 Å². The lowest BCUT2D eigenvalue weighted by Gasteiger charge is -2.07. The molecule has 1 heterocycles. The van der Waals surface area contributed by atoms with Crippen molar-refractivity contribution in [3.63, 3.8) is 0 Å². The summed E-state index contributed by atoms with van der Waals surface area (Å²) in [7, 11) is 0. The van der Waals surface area contributed by atoms with Crippen LogP contribution in [0.25, 0.3) is 10.9 Å². The number of fused-ring (bicyclic) bond motifs is 1. The van der Waals surface area contributed by atoms with Gasteiger partial charge < -0.3 is 0 Å². The molecule has 0 spiro atoms. The third kappa shape index (κ3) is 2.80. The van der Waals surface area contributed by atoms with Crippen LogP contribution >= 0.6 is 50.1 Å². The zero-order valence-corrected chi connectivity index (χ0v) is 14.3. The van der Waals surface area contributed by atoms with Crippen LogP contribution < -0.4 is 0 Å². The molecular weight excluding hydrogens is 438 g/mol. The summed E-state index contributed by atoms with van der Waals surface area (Å²) in [6.07, 6.45) is 1.89. The van der Waals surface area contributed by atoms with Crippen LogP contribution in [0.5, 0.6) is 0 Å². The molecule has 0 radical (unpaired) electrons. The molecule has 3 rings (SSSR count). The molecule has 0 fully saturated rings. The van der Waals surface area contributed by atoms with Crippen molar-refractivity contribution in [2.75, 3.05) is 0 Å². The monoisotopic (exact) mass is 446 g/mol. The van der Waals surface area contributed by atoms with Gasteiger partial charge in [0.15, 0.2) is 0 Å². The molecule has 96 valence electrons. The number of rotatable bonds is 2. The van der Waals surface area contributed by atoms with E-state index < -0.39 is 0 Å². The molecule has 0 amide bonds. The second kappa shape index (κ2) is 5.42. The second-order valence-corrected chi connectivity index (χ2v) is 6.81. The van der Waals surface area contributed by atoms with E-state index in [-0.39, 0.29) is 0 Å². The maximum absolute atomic E-state index is 6.26. The molecule has 1 aromatic heterocycles. The Morgan fingerprint density at radius 1 is 1.21 bits per heavy atom. The highest BCUT2D eigenvalue weighted by Gasteiger charge is 2.07. The average Bonchev–Trinajstić information content (AvgIpc) is 2.75. The quantitative estimate of drug-likeness (QED) is 0.500. The minimum absolute atomic E-state index is 0.676. The summed E-state index contributed by atoms with van der Waals surface area (Å²) < 4.78 is 4.17. The molecular formula is C14H9BrClIN2. The van der Waals surface area contributed by atoms with Gasteiger partial charge in [-0.3, -0.25) is 4.68 Å². The lowest BCUT2D eigenvalue weighted by Crippen LogP contribution is -2.02. The molecule has 0 aliphatic heterocycles. The number of halogens is 3. The van der Waals surface area contributed by atoms with Gasteiger partial charge in [-0.15, -0.1) is 0 Å². The van der Waals surface area contributed by atoms with E-state index in [0.717, 1.165) is 26.0 Å². The molecule has 19 heavy (non-hydrogen) atoms. The molecule has 0 N–H and O–H groups in total. The SMILES string of the molecule is Clc1cc(Br)ccc1Cn1ncc2ccc(I)cc21. The smallest absolute Gasteiger partial charge is 0.0696 e. The third-order valence-electron chi connectivity index (χ3n) is 2.94. The van der Waals surface area contributed by atoms with Gasteiger partial charge in [-0.25, -0.2) is 0 Å². The van der Waals surface area contributed by atoms with E-state index in [1.165, 1.54) is 3.57 Å². The van der Waals surface area contributed by atoms with Crippen LogP contribution in [0.15, 0.2) is 47.1 Å². The van der Waals surface area contributed by atoms with Crippen LogP contribution in [0.1, 0.15) is 5.56 Å². The fraction of sp³-hybridized carbons (Fsp3) is 0.0714. The van der Waals surface area contributed by atoms with E-state index in [1.54, 1.807) is 0 Å². The summed E-state index contributed by atoms with van der Waals surface area (Å²) >= 11 is 12.0. The molecule has 0 unspecified atom stereocenters. The van der Waals surface area contributed by atoms with Crippen molar-refractivity contribution >= 4 is 61.0 Å². The Labute approximate surface area is 138 Å². The van der Waals surface area contributed by atoms with E-state index in [0.29, 0.717) is 6.54 Å². The van der Waals surface area contributed by atoms with Crippen molar-refractivity contribution in [1.29, 1.82) is 0 Å². The van der Waals surface area contributed by atoms with Gasteiger partial charge in [-0.2, -0.15) is 5.10 Å². The fourth-order valence-electron chi connectivity index (χ4n) is 1.98. The molecule has 0 aliphatic rings. The average molecular weight is 448 g/mol. The molecule has 0 saturated carbocycles. The van der Waals surface area contributed by atoms with Gasteiger partial charge in [0.25, 0.3) is 0 Å². The highest BCUT2D eigenvalue weighted by Crippen LogP contribution is 2.24. The predicted molar refractivity (Wildman–Crippen MR) is 90.7 cm³/mol. The van der Waals surface area contributed by atoms with E-state index in [1.807, 2.05) is 29.1 Å². The number of nitrogens with zero attached hydrogens (tertiary/aromatic N) is 2. The Hall–Kier alpha value is -0.590. The van der Waals surface area contributed by atoms with E-state index in [2.05, 4.69) is 61.8 Å². The van der Waals surface area contributed by atoms with Crippen molar-refractivity contribution < 1.29 is 0 Å². The summed E-state index contributed by atoms with van der Waals surface area (Å²) in [4.78, 5) is 0. The Kier molecular flexibility index (Phi) is 3.82. The minimum atomic E-state index is 0.676. The van der Waals surface area contributed by atoms with Crippen molar-refractivity contribution in [2.45, 2.75) is 6.54 Å². The lowest BCUT2D eigenvalue weighted by atomic mass is 10.2. The van der Waals surface area contributed by atoms with Crippen molar-refractivity contribution in [3.05, 3.63) is 61.2 Å². The Bertz CT molecular complexity index is 754. The second-order valence-electron chi connectivity index (χ2n) is 4.24. The largest absolute Gasteiger partial charge is 0.260 e. The zero-order chi connectivity index (χ0) is 13.4. The van der Waals surface area contributed by atoms with E-state index in [9.17, 15) is 0 Å². The van der Waals surface area contributed by atoms with Gasteiger partial charge in [-0.05, 0) is 52.4 Å². The standard InChI is InChI=1S/C14H9BrClIN2/c15-11-3-1-10(13(16)5-11)8-19-14-6-12(17)4-2-9(14)7-18-19/h1-7H,8H2. The van der Waals surface area contributed by atoms with Crippen LogP contribution in [0.2, 0.25) is 5.02 Å². The van der Waals surface area contributed by atoms with Gasteiger partial charge in [0.05, 0.1) is 18.3 Å². The molecule has 2 aromatic carbocycles. The molecule has 3 aromatic rings. The normalized spacial score (nSPS) is 11.1. The first-order valence-electron chi connectivity index (χ1n) is 5.68. The molecule has 0 aliphatic carbocycles. The molecule has 0 bridgehead atoms. The van der Waals surface area contributed by atoms with Crippen molar-refractivity contribution in [2.24, 2.45) is 0 Å². The summed E-state index contributed by atoms with van der Waals surface area (Å²) in [6.45, 7) is 0.676. The molecule has 0 saturated heterocycles. The topological polar surface area (TPSA) is 17.8 Å². The van der Waals surface area contributed by atoms with Crippen molar-refractivity contribution in [1.82, 2.24) is 9.78 Å². The number of hydrogen-bond acceptors (Lipinski definition) is 1. The first kappa shape index (κ1) is 13.4. The van der Waals surface area contributed by atoms with Gasteiger partial charge in [-0.1, -0.05) is 39.7 Å². The van der Waals surface area contributed by atoms with Gasteiger partial charge >= 0.3 is 0 Å². The Morgan fingerprint density at radius 2 is 2.05 bits per heavy atom. The Balaban J connectivity index is 2.03. The first-order valence-corrected chi connectivity index (χ1v) is 7.93. The van der Waals surface area contributed by atoms with Crippen LogP contribution in [0.4, 0.5) is 0 Å². The molecule has 5 heteroatoms. The predicted octanol–water partition coefficient (Wildman–Crippen LogP) is 5.11. The zero-order valence-electron chi connectivity index (χ0n) is 9.78.